The second-order valence-corrected chi connectivity index (χ2v) is 6.94. The fourth-order valence-corrected chi connectivity index (χ4v) is 4.06. The smallest absolute Gasteiger partial charge is 0.120 e. The van der Waals surface area contributed by atoms with E-state index in [0.29, 0.717) is 0 Å². The molecule has 0 aliphatic rings. The summed E-state index contributed by atoms with van der Waals surface area (Å²) in [5, 5.41) is 0. The Balaban J connectivity index is 2.43. The summed E-state index contributed by atoms with van der Waals surface area (Å²) >= 11 is 10.9. The molecule has 1 nitrogen and oxygen atoms in total. The van der Waals surface area contributed by atoms with Crippen LogP contribution in [0.25, 0.3) is 0 Å². The molecule has 0 bridgehead atoms. The van der Waals surface area contributed by atoms with Gasteiger partial charge in [0.15, 0.2) is 0 Å². The third-order valence-corrected chi connectivity index (χ3v) is 5.16. The molecule has 0 heterocycles. The average Bonchev–Trinajstić information content (AvgIpc) is 2.40. The molecule has 4 heteroatoms. The van der Waals surface area contributed by atoms with Gasteiger partial charge in [-0.1, -0.05) is 59.9 Å². The van der Waals surface area contributed by atoms with Gasteiger partial charge in [0.2, 0.25) is 0 Å². The number of halogens is 3. The second-order valence-electron chi connectivity index (χ2n) is 4.25. The van der Waals surface area contributed by atoms with Gasteiger partial charge in [0, 0.05) is 8.95 Å². The highest BCUT2D eigenvalue weighted by atomic mass is 79.9. The zero-order valence-electron chi connectivity index (χ0n) is 10.6. The van der Waals surface area contributed by atoms with Crippen LogP contribution in [0.3, 0.4) is 0 Å². The monoisotopic (exact) mass is 446 g/mol. The van der Waals surface area contributed by atoms with Crippen LogP contribution in [-0.4, -0.2) is 7.11 Å². The minimum Gasteiger partial charge on any atom is -0.497 e. The molecule has 100 valence electrons. The first-order valence-electron chi connectivity index (χ1n) is 5.76. The Kier molecular flexibility index (Phi) is 5.09. The minimum absolute atomic E-state index is 0.144. The summed E-state index contributed by atoms with van der Waals surface area (Å²) in [5.74, 6) is 0.848. The molecule has 0 N–H and O–H groups in total. The largest absolute Gasteiger partial charge is 0.497 e. The molecule has 0 saturated carbocycles. The van der Waals surface area contributed by atoms with Gasteiger partial charge in [-0.2, -0.15) is 0 Å². The van der Waals surface area contributed by atoms with Crippen molar-refractivity contribution in [2.24, 2.45) is 0 Å². The number of ether oxygens (including phenoxy) is 1. The summed E-state index contributed by atoms with van der Waals surface area (Å²) in [7, 11) is 1.67. The number of hydrogen-bond donors (Lipinski definition) is 0. The topological polar surface area (TPSA) is 9.23 Å². The van der Waals surface area contributed by atoms with E-state index in [9.17, 15) is 0 Å². The van der Waals surface area contributed by atoms with Crippen molar-refractivity contribution in [1.29, 1.82) is 0 Å². The quantitative estimate of drug-likeness (QED) is 0.522. The van der Waals surface area contributed by atoms with E-state index in [2.05, 4.69) is 79.0 Å². The second kappa shape index (κ2) is 6.42. The van der Waals surface area contributed by atoms with Crippen molar-refractivity contribution in [2.45, 2.75) is 11.8 Å². The van der Waals surface area contributed by atoms with Gasteiger partial charge in [-0.05, 0) is 47.9 Å². The maximum atomic E-state index is 5.23. The van der Waals surface area contributed by atoms with Crippen LogP contribution in [0.4, 0.5) is 0 Å². The van der Waals surface area contributed by atoms with Crippen LogP contribution in [-0.2, 0) is 0 Å². The third-order valence-electron chi connectivity index (χ3n) is 3.00. The van der Waals surface area contributed by atoms with Crippen molar-refractivity contribution in [1.82, 2.24) is 0 Å². The molecule has 2 rings (SSSR count). The van der Waals surface area contributed by atoms with E-state index in [4.69, 9.17) is 4.74 Å². The maximum Gasteiger partial charge on any atom is 0.120 e. The van der Waals surface area contributed by atoms with Crippen molar-refractivity contribution in [3.05, 3.63) is 62.0 Å². The summed E-state index contributed by atoms with van der Waals surface area (Å²) < 4.78 is 7.35. The predicted octanol–water partition coefficient (Wildman–Crippen LogP) is 6.01. The van der Waals surface area contributed by atoms with Crippen molar-refractivity contribution >= 4 is 47.8 Å². The summed E-state index contributed by atoms with van der Waals surface area (Å²) in [6.07, 6.45) is 0. The van der Waals surface area contributed by atoms with Crippen molar-refractivity contribution in [3.63, 3.8) is 0 Å². The van der Waals surface area contributed by atoms with Gasteiger partial charge in [-0.3, -0.25) is 0 Å². The molecule has 2 aromatic rings. The first-order valence-corrected chi connectivity index (χ1v) is 8.26. The van der Waals surface area contributed by atoms with Crippen LogP contribution < -0.4 is 4.74 Å². The number of methoxy groups -OCH3 is 1. The zero-order valence-corrected chi connectivity index (χ0v) is 15.3. The molecule has 0 aliphatic carbocycles. The number of rotatable bonds is 3. The molecular weight excluding hydrogens is 436 g/mol. The number of hydrogen-bond acceptors (Lipinski definition) is 1. The van der Waals surface area contributed by atoms with Crippen LogP contribution in [0.15, 0.2) is 45.3 Å². The van der Waals surface area contributed by atoms with Gasteiger partial charge in [-0.25, -0.2) is 0 Å². The molecule has 0 aliphatic heterocycles. The Morgan fingerprint density at radius 3 is 2.37 bits per heavy atom. The summed E-state index contributed by atoms with van der Waals surface area (Å²) in [5.41, 5.74) is 3.69. The fraction of sp³-hybridized carbons (Fsp3) is 0.200. The molecule has 1 unspecified atom stereocenters. The van der Waals surface area contributed by atoms with Crippen LogP contribution in [0.5, 0.6) is 5.75 Å². The first-order chi connectivity index (χ1) is 9.02. The highest BCUT2D eigenvalue weighted by Gasteiger charge is 2.16. The van der Waals surface area contributed by atoms with E-state index in [-0.39, 0.29) is 4.83 Å². The lowest BCUT2D eigenvalue weighted by atomic mass is 10.0. The van der Waals surface area contributed by atoms with Crippen LogP contribution in [0, 0.1) is 6.92 Å². The Hall–Kier alpha value is -0.320. The van der Waals surface area contributed by atoms with Gasteiger partial charge in [0.25, 0.3) is 0 Å². The van der Waals surface area contributed by atoms with Crippen LogP contribution >= 0.6 is 47.8 Å². The Bertz CT molecular complexity index is 596. The maximum absolute atomic E-state index is 5.23. The Morgan fingerprint density at radius 2 is 1.74 bits per heavy atom. The number of aryl methyl sites for hydroxylation is 1. The van der Waals surface area contributed by atoms with Crippen LogP contribution in [0.1, 0.15) is 21.5 Å². The lowest BCUT2D eigenvalue weighted by molar-refractivity contribution is 0.414. The zero-order chi connectivity index (χ0) is 14.0. The molecule has 1 atom stereocenters. The normalized spacial score (nSPS) is 12.3. The fourth-order valence-electron chi connectivity index (χ4n) is 1.89. The highest BCUT2D eigenvalue weighted by molar-refractivity contribution is 9.11. The molecule has 0 saturated heterocycles. The van der Waals surface area contributed by atoms with Gasteiger partial charge in [0.1, 0.15) is 5.75 Å². The van der Waals surface area contributed by atoms with E-state index in [1.165, 1.54) is 16.7 Å². The first kappa shape index (κ1) is 15.1. The molecule has 0 fully saturated rings. The van der Waals surface area contributed by atoms with Gasteiger partial charge in [0.05, 0.1) is 11.9 Å². The molecule has 0 spiro atoms. The van der Waals surface area contributed by atoms with Crippen molar-refractivity contribution in [3.8, 4) is 5.75 Å². The van der Waals surface area contributed by atoms with Crippen LogP contribution in [0.2, 0.25) is 0 Å². The third kappa shape index (κ3) is 3.41. The standard InChI is InChI=1S/C15H13Br3O/c1-9-3-4-10(16)7-13(9)15(18)12-6-5-11(19-2)8-14(12)17/h3-8,15H,1-2H3. The Labute approximate surface area is 138 Å². The van der Waals surface area contributed by atoms with Crippen molar-refractivity contribution in [2.75, 3.05) is 7.11 Å². The highest BCUT2D eigenvalue weighted by Crippen LogP contribution is 2.39. The van der Waals surface area contributed by atoms with Gasteiger partial charge >= 0.3 is 0 Å². The molecule has 19 heavy (non-hydrogen) atoms. The molecule has 0 radical (unpaired) electrons. The average molecular weight is 449 g/mol. The van der Waals surface area contributed by atoms with E-state index in [0.717, 1.165) is 14.7 Å². The van der Waals surface area contributed by atoms with Gasteiger partial charge < -0.3 is 4.74 Å². The van der Waals surface area contributed by atoms with E-state index in [1.807, 2.05) is 12.1 Å². The minimum atomic E-state index is 0.144. The predicted molar refractivity (Wildman–Crippen MR) is 90.3 cm³/mol. The molecule has 0 aromatic heterocycles. The lowest BCUT2D eigenvalue weighted by Crippen LogP contribution is -1.97. The lowest BCUT2D eigenvalue weighted by Gasteiger charge is -2.16. The van der Waals surface area contributed by atoms with E-state index < -0.39 is 0 Å². The summed E-state index contributed by atoms with van der Waals surface area (Å²) in [6.45, 7) is 2.12. The Morgan fingerprint density at radius 1 is 1.00 bits per heavy atom. The SMILES string of the molecule is COc1ccc(C(Br)c2cc(Br)ccc2C)c(Br)c1. The van der Waals surface area contributed by atoms with Crippen molar-refractivity contribution < 1.29 is 4.74 Å². The molecular formula is C15H13Br3O. The number of benzene rings is 2. The van der Waals surface area contributed by atoms with E-state index in [1.54, 1.807) is 7.11 Å². The van der Waals surface area contributed by atoms with E-state index >= 15 is 0 Å². The molecule has 0 amide bonds. The summed E-state index contributed by atoms with van der Waals surface area (Å²) in [4.78, 5) is 0.144. The molecule has 2 aromatic carbocycles. The van der Waals surface area contributed by atoms with Gasteiger partial charge in [-0.15, -0.1) is 0 Å². The number of alkyl halides is 1. The summed E-state index contributed by atoms with van der Waals surface area (Å²) in [6, 6.07) is 12.3.